The van der Waals surface area contributed by atoms with Crippen LogP contribution in [0.5, 0.6) is 0 Å². The number of carbonyl (C=O) groups excluding carboxylic acids is 1. The summed E-state index contributed by atoms with van der Waals surface area (Å²) in [6.45, 7) is 4.53. The van der Waals surface area contributed by atoms with Gasteiger partial charge in [0.25, 0.3) is 0 Å². The third-order valence-corrected chi connectivity index (χ3v) is 5.00. The number of halogens is 1. The van der Waals surface area contributed by atoms with Crippen LogP contribution in [-0.4, -0.2) is 15.7 Å². The molecule has 4 nitrogen and oxygen atoms in total. The zero-order valence-corrected chi connectivity index (χ0v) is 14.5. The number of rotatable bonds is 3. The topological polar surface area (TPSA) is 46.9 Å². The van der Waals surface area contributed by atoms with E-state index >= 15 is 0 Å². The number of fused-ring (bicyclic) bond motifs is 1. The predicted octanol–water partition coefficient (Wildman–Crippen LogP) is 3.72. The first-order valence-electron chi connectivity index (χ1n) is 7.62. The van der Waals surface area contributed by atoms with E-state index in [0.29, 0.717) is 5.92 Å². The summed E-state index contributed by atoms with van der Waals surface area (Å²) in [5.74, 6) is 0.666. The fourth-order valence-corrected chi connectivity index (χ4v) is 3.14. The Kier molecular flexibility index (Phi) is 4.34. The molecule has 0 radical (unpaired) electrons. The van der Waals surface area contributed by atoms with Crippen molar-refractivity contribution in [2.45, 2.75) is 39.7 Å². The number of hydrogen-bond acceptors (Lipinski definition) is 2. The van der Waals surface area contributed by atoms with Crippen molar-refractivity contribution in [2.24, 2.45) is 5.92 Å². The van der Waals surface area contributed by atoms with Crippen LogP contribution in [-0.2, 0) is 24.2 Å². The highest BCUT2D eigenvalue weighted by atomic mass is 79.9. The van der Waals surface area contributed by atoms with Crippen molar-refractivity contribution in [3.8, 4) is 0 Å². The molecule has 22 heavy (non-hydrogen) atoms. The monoisotopic (exact) mass is 361 g/mol. The molecule has 1 aliphatic carbocycles. The number of aromatic nitrogens is 2. The Bertz CT molecular complexity index is 708. The van der Waals surface area contributed by atoms with Gasteiger partial charge in [-0.2, -0.15) is 5.10 Å². The summed E-state index contributed by atoms with van der Waals surface area (Å²) in [5.41, 5.74) is 4.37. The zero-order chi connectivity index (χ0) is 15.7. The summed E-state index contributed by atoms with van der Waals surface area (Å²) in [5, 5.41) is 7.47. The van der Waals surface area contributed by atoms with E-state index < -0.39 is 0 Å². The van der Waals surface area contributed by atoms with Gasteiger partial charge in [0.2, 0.25) is 5.91 Å². The van der Waals surface area contributed by atoms with Crippen LogP contribution in [0.1, 0.15) is 30.2 Å². The highest BCUT2D eigenvalue weighted by molar-refractivity contribution is 9.10. The van der Waals surface area contributed by atoms with Crippen LogP contribution >= 0.6 is 15.9 Å². The molecule has 1 aliphatic rings. The van der Waals surface area contributed by atoms with Crippen LogP contribution < -0.4 is 5.32 Å². The maximum absolute atomic E-state index is 12.2. The highest BCUT2D eigenvalue weighted by Gasteiger charge is 2.19. The summed E-state index contributed by atoms with van der Waals surface area (Å²) in [7, 11) is 0. The van der Waals surface area contributed by atoms with E-state index in [9.17, 15) is 4.79 Å². The molecule has 0 spiro atoms. The smallest absolute Gasteiger partial charge is 0.246 e. The molecule has 0 fully saturated rings. The highest BCUT2D eigenvalue weighted by Crippen LogP contribution is 2.24. The molecule has 1 atom stereocenters. The molecule has 1 N–H and O–H groups in total. The Hall–Kier alpha value is -1.62. The first kappa shape index (κ1) is 15.3. The number of anilines is 1. The number of nitrogens with zero attached hydrogens (tertiary/aromatic N) is 2. The van der Waals surface area contributed by atoms with Crippen LogP contribution in [0.4, 0.5) is 5.69 Å². The SMILES string of the molecule is Cc1cc(NC(=O)Cn2cc3c(n2)CC[C@H](C)C3)ccc1Br. The lowest BCUT2D eigenvalue weighted by Gasteiger charge is -2.15. The average Bonchev–Trinajstić information content (AvgIpc) is 2.84. The molecule has 1 aromatic heterocycles. The second-order valence-electron chi connectivity index (χ2n) is 6.16. The molecular weight excluding hydrogens is 342 g/mol. The summed E-state index contributed by atoms with van der Waals surface area (Å²) >= 11 is 3.46. The molecule has 0 aliphatic heterocycles. The lowest BCUT2D eigenvalue weighted by atomic mass is 9.89. The molecule has 2 aromatic rings. The minimum absolute atomic E-state index is 0.0467. The normalized spacial score (nSPS) is 17.1. The summed E-state index contributed by atoms with van der Waals surface area (Å²) in [6.07, 6.45) is 5.31. The molecule has 5 heteroatoms. The number of aryl methyl sites for hydroxylation is 2. The average molecular weight is 362 g/mol. The van der Waals surface area contributed by atoms with Crippen LogP contribution in [0.2, 0.25) is 0 Å². The van der Waals surface area contributed by atoms with Crippen molar-refractivity contribution in [1.82, 2.24) is 9.78 Å². The zero-order valence-electron chi connectivity index (χ0n) is 12.9. The number of amides is 1. The van der Waals surface area contributed by atoms with Crippen molar-refractivity contribution in [3.63, 3.8) is 0 Å². The fraction of sp³-hybridized carbons (Fsp3) is 0.412. The Labute approximate surface area is 139 Å². The molecule has 0 bridgehead atoms. The number of carbonyl (C=O) groups is 1. The van der Waals surface area contributed by atoms with Crippen LogP contribution in [0.25, 0.3) is 0 Å². The fourth-order valence-electron chi connectivity index (χ4n) is 2.90. The van der Waals surface area contributed by atoms with Crippen LogP contribution in [0, 0.1) is 12.8 Å². The van der Waals surface area contributed by atoms with E-state index in [4.69, 9.17) is 0 Å². The Morgan fingerprint density at radius 2 is 2.32 bits per heavy atom. The molecule has 0 saturated carbocycles. The minimum atomic E-state index is -0.0467. The summed E-state index contributed by atoms with van der Waals surface area (Å²) < 4.78 is 2.81. The van der Waals surface area contributed by atoms with Gasteiger partial charge >= 0.3 is 0 Å². The summed E-state index contributed by atoms with van der Waals surface area (Å²) in [4.78, 5) is 12.2. The van der Waals surface area contributed by atoms with Gasteiger partial charge in [0.1, 0.15) is 6.54 Å². The molecule has 1 heterocycles. The lowest BCUT2D eigenvalue weighted by molar-refractivity contribution is -0.116. The number of hydrogen-bond donors (Lipinski definition) is 1. The third kappa shape index (κ3) is 3.40. The van der Waals surface area contributed by atoms with Crippen molar-refractivity contribution < 1.29 is 4.79 Å². The lowest BCUT2D eigenvalue weighted by Crippen LogP contribution is -2.19. The maximum atomic E-state index is 12.2. The van der Waals surface area contributed by atoms with E-state index in [2.05, 4.69) is 33.3 Å². The van der Waals surface area contributed by atoms with E-state index in [1.807, 2.05) is 31.3 Å². The molecule has 0 saturated heterocycles. The quantitative estimate of drug-likeness (QED) is 0.905. The largest absolute Gasteiger partial charge is 0.324 e. The Morgan fingerprint density at radius 3 is 3.09 bits per heavy atom. The van der Waals surface area contributed by atoms with Gasteiger partial charge in [0.05, 0.1) is 5.69 Å². The van der Waals surface area contributed by atoms with Crippen molar-refractivity contribution >= 4 is 27.5 Å². The Balaban J connectivity index is 1.65. The molecule has 1 aromatic carbocycles. The van der Waals surface area contributed by atoms with Gasteiger partial charge < -0.3 is 5.32 Å². The summed E-state index contributed by atoms with van der Waals surface area (Å²) in [6, 6.07) is 5.79. The molecule has 0 unspecified atom stereocenters. The Morgan fingerprint density at radius 1 is 1.50 bits per heavy atom. The van der Waals surface area contributed by atoms with Crippen molar-refractivity contribution in [1.29, 1.82) is 0 Å². The molecule has 116 valence electrons. The van der Waals surface area contributed by atoms with Crippen molar-refractivity contribution in [3.05, 3.63) is 45.7 Å². The van der Waals surface area contributed by atoms with Crippen LogP contribution in [0.3, 0.4) is 0 Å². The second kappa shape index (κ2) is 6.24. The van der Waals surface area contributed by atoms with Gasteiger partial charge in [-0.15, -0.1) is 0 Å². The second-order valence-corrected chi connectivity index (χ2v) is 7.01. The third-order valence-electron chi connectivity index (χ3n) is 4.11. The van der Waals surface area contributed by atoms with Gasteiger partial charge in [-0.1, -0.05) is 22.9 Å². The van der Waals surface area contributed by atoms with Gasteiger partial charge in [-0.25, -0.2) is 0 Å². The standard InChI is InChI=1S/C17H20BrN3O/c1-11-3-6-16-13(7-11)9-21(20-16)10-17(22)19-14-4-5-15(18)12(2)8-14/h4-5,8-9,11H,3,6-7,10H2,1-2H3,(H,19,22)/t11-/m0/s1. The molecule has 3 rings (SSSR count). The predicted molar refractivity (Wildman–Crippen MR) is 90.9 cm³/mol. The van der Waals surface area contributed by atoms with Gasteiger partial charge in [-0.05, 0) is 61.4 Å². The van der Waals surface area contributed by atoms with Crippen LogP contribution in [0.15, 0.2) is 28.9 Å². The van der Waals surface area contributed by atoms with E-state index in [0.717, 1.165) is 34.3 Å². The van der Waals surface area contributed by atoms with Crippen molar-refractivity contribution in [2.75, 3.05) is 5.32 Å². The number of nitrogens with one attached hydrogen (secondary N) is 1. The van der Waals surface area contributed by atoms with E-state index in [1.54, 1.807) is 4.68 Å². The minimum Gasteiger partial charge on any atom is -0.324 e. The maximum Gasteiger partial charge on any atom is 0.246 e. The van der Waals surface area contributed by atoms with E-state index in [1.165, 1.54) is 12.0 Å². The molecule has 1 amide bonds. The van der Waals surface area contributed by atoms with Gasteiger partial charge in [0, 0.05) is 16.4 Å². The number of benzene rings is 1. The van der Waals surface area contributed by atoms with Gasteiger partial charge in [0.15, 0.2) is 0 Å². The van der Waals surface area contributed by atoms with E-state index in [-0.39, 0.29) is 12.5 Å². The van der Waals surface area contributed by atoms with Gasteiger partial charge in [-0.3, -0.25) is 9.48 Å². The first-order valence-corrected chi connectivity index (χ1v) is 8.42. The molecular formula is C17H20BrN3O. The first-order chi connectivity index (χ1) is 10.5.